The van der Waals surface area contributed by atoms with Crippen LogP contribution in [0.2, 0.25) is 0 Å². The average molecular weight is 352 g/mol. The molecule has 6 nitrogen and oxygen atoms in total. The van der Waals surface area contributed by atoms with Crippen molar-refractivity contribution in [3.63, 3.8) is 0 Å². The number of hydrogen-bond acceptors (Lipinski definition) is 5. The van der Waals surface area contributed by atoms with Crippen LogP contribution >= 0.6 is 0 Å². The number of sulfonamides is 1. The summed E-state index contributed by atoms with van der Waals surface area (Å²) in [6.45, 7) is 3.77. The second kappa shape index (κ2) is 8.03. The summed E-state index contributed by atoms with van der Waals surface area (Å²) in [6, 6.07) is 5.98. The van der Waals surface area contributed by atoms with Gasteiger partial charge < -0.3 is 5.11 Å². The molecule has 0 aliphatic heterocycles. The van der Waals surface area contributed by atoms with Crippen LogP contribution in [0.5, 0.6) is 0 Å². The quantitative estimate of drug-likeness (QED) is 0.630. The average Bonchev–Trinajstić information content (AvgIpc) is 2.54. The number of aliphatic hydroxyl groups excluding tert-OH is 1. The lowest BCUT2D eigenvalue weighted by atomic mass is 9.87. The largest absolute Gasteiger partial charge is 0.392 e. The van der Waals surface area contributed by atoms with E-state index >= 15 is 0 Å². The summed E-state index contributed by atoms with van der Waals surface area (Å²) in [6.07, 6.45) is 4.09. The van der Waals surface area contributed by atoms with Crippen molar-refractivity contribution in [1.29, 1.82) is 0 Å². The van der Waals surface area contributed by atoms with Gasteiger partial charge in [0.1, 0.15) is 4.90 Å². The third-order valence-corrected chi connectivity index (χ3v) is 6.42. The Labute approximate surface area is 143 Å². The zero-order valence-corrected chi connectivity index (χ0v) is 14.9. The topological polar surface area (TPSA) is 87.0 Å². The van der Waals surface area contributed by atoms with Gasteiger partial charge in [0.2, 0.25) is 16.1 Å². The van der Waals surface area contributed by atoms with Crippen LogP contribution in [0, 0.1) is 5.92 Å². The summed E-state index contributed by atoms with van der Waals surface area (Å²) < 4.78 is 27.7. The summed E-state index contributed by atoms with van der Waals surface area (Å²) in [5.74, 6) is 0.587. The first-order chi connectivity index (χ1) is 11.4. The molecule has 0 spiro atoms. The zero-order chi connectivity index (χ0) is 17.7. The minimum Gasteiger partial charge on any atom is -0.392 e. The third kappa shape index (κ3) is 4.30. The molecule has 1 fully saturated rings. The first-order valence-corrected chi connectivity index (χ1v) is 9.67. The van der Waals surface area contributed by atoms with Crippen molar-refractivity contribution in [2.75, 3.05) is 6.54 Å². The second-order valence-corrected chi connectivity index (χ2v) is 8.37. The molecule has 0 heterocycles. The monoisotopic (exact) mass is 352 g/mol. The summed E-state index contributed by atoms with van der Waals surface area (Å²) in [7, 11) is -3.87. The number of aliphatic hydroxyl groups is 1. The molecule has 0 aromatic heterocycles. The van der Waals surface area contributed by atoms with E-state index in [4.69, 9.17) is 0 Å². The van der Waals surface area contributed by atoms with E-state index in [9.17, 15) is 18.3 Å². The number of aliphatic imine (C=N–C) groups is 1. The predicted molar refractivity (Wildman–Crippen MR) is 91.2 cm³/mol. The second-order valence-electron chi connectivity index (χ2n) is 6.51. The van der Waals surface area contributed by atoms with Gasteiger partial charge >= 0.3 is 0 Å². The first-order valence-electron chi connectivity index (χ1n) is 8.23. The zero-order valence-electron chi connectivity index (χ0n) is 14.1. The van der Waals surface area contributed by atoms with E-state index < -0.39 is 16.1 Å². The third-order valence-electron chi connectivity index (χ3n) is 4.45. The van der Waals surface area contributed by atoms with Crippen LogP contribution in [0.3, 0.4) is 0 Å². The normalized spacial score (nSPS) is 22.8. The number of isocyanates is 1. The van der Waals surface area contributed by atoms with Gasteiger partial charge in [0.25, 0.3) is 0 Å². The number of benzene rings is 1. The predicted octanol–water partition coefficient (Wildman–Crippen LogP) is 2.60. The van der Waals surface area contributed by atoms with E-state index in [-0.39, 0.29) is 23.2 Å². The summed E-state index contributed by atoms with van der Waals surface area (Å²) in [4.78, 5) is 14.1. The number of para-hydroxylation sites is 1. The molecule has 0 amide bonds. The fourth-order valence-electron chi connectivity index (χ4n) is 3.18. The molecule has 1 N–H and O–H groups in total. The van der Waals surface area contributed by atoms with E-state index in [2.05, 4.69) is 11.9 Å². The minimum atomic E-state index is -3.87. The highest BCUT2D eigenvalue weighted by atomic mass is 32.2. The Morgan fingerprint density at radius 1 is 1.29 bits per heavy atom. The van der Waals surface area contributed by atoms with Gasteiger partial charge in [0, 0.05) is 12.6 Å². The maximum Gasteiger partial charge on any atom is 0.245 e. The highest BCUT2D eigenvalue weighted by Gasteiger charge is 2.35. The Hall–Kier alpha value is -1.53. The Morgan fingerprint density at radius 2 is 1.92 bits per heavy atom. The van der Waals surface area contributed by atoms with Gasteiger partial charge in [-0.15, -0.1) is 0 Å². The summed E-state index contributed by atoms with van der Waals surface area (Å²) >= 11 is 0. The first kappa shape index (κ1) is 18.8. The molecule has 132 valence electrons. The van der Waals surface area contributed by atoms with E-state index in [1.165, 1.54) is 22.5 Å². The van der Waals surface area contributed by atoms with E-state index in [1.54, 1.807) is 19.1 Å². The van der Waals surface area contributed by atoms with Crippen molar-refractivity contribution in [1.82, 2.24) is 4.31 Å². The molecule has 0 bridgehead atoms. The Balaban J connectivity index is 2.42. The van der Waals surface area contributed by atoms with Crippen molar-refractivity contribution in [3.05, 3.63) is 24.3 Å². The van der Waals surface area contributed by atoms with E-state index in [0.717, 1.165) is 25.7 Å². The fraction of sp³-hybridized carbons (Fsp3) is 0.588. The number of hydrogen-bond donors (Lipinski definition) is 1. The van der Waals surface area contributed by atoms with Crippen molar-refractivity contribution in [2.24, 2.45) is 10.9 Å². The molecule has 1 aromatic carbocycles. The Morgan fingerprint density at radius 3 is 2.50 bits per heavy atom. The van der Waals surface area contributed by atoms with Gasteiger partial charge in [0.15, 0.2) is 0 Å². The maximum absolute atomic E-state index is 13.2. The molecule has 24 heavy (non-hydrogen) atoms. The molecular formula is C17H24N2O4S. The molecule has 1 atom stereocenters. The standard InChI is InChI=1S/C17H24N2O4S/c1-13-7-9-15(10-8-13)19(11-14(2)21)24(22,23)17-6-4-3-5-16(17)18-12-20/h3-6,13-15,21H,7-11H2,1-2H3. The molecule has 7 heteroatoms. The van der Waals surface area contributed by atoms with Crippen LogP contribution in [0.4, 0.5) is 5.69 Å². The lowest BCUT2D eigenvalue weighted by Crippen LogP contribution is -2.45. The molecule has 1 saturated carbocycles. The fourth-order valence-corrected chi connectivity index (χ4v) is 5.07. The molecule has 1 aliphatic carbocycles. The SMILES string of the molecule is CC(O)CN(C1CCC(C)CC1)S(=O)(=O)c1ccccc1N=C=O. The highest BCUT2D eigenvalue weighted by molar-refractivity contribution is 7.89. The van der Waals surface area contributed by atoms with Gasteiger partial charge in [-0.2, -0.15) is 9.30 Å². The maximum atomic E-state index is 13.2. The van der Waals surface area contributed by atoms with Crippen molar-refractivity contribution < 1.29 is 18.3 Å². The molecule has 2 rings (SSSR count). The van der Waals surface area contributed by atoms with Gasteiger partial charge in [0.05, 0.1) is 11.8 Å². The van der Waals surface area contributed by atoms with Gasteiger partial charge in [-0.25, -0.2) is 13.2 Å². The Bertz CT molecular complexity index is 703. The van der Waals surface area contributed by atoms with Crippen LogP contribution in [0.1, 0.15) is 39.5 Å². The Kier molecular flexibility index (Phi) is 6.29. The summed E-state index contributed by atoms with van der Waals surface area (Å²) in [5, 5.41) is 9.80. The van der Waals surface area contributed by atoms with Crippen LogP contribution in [0.15, 0.2) is 34.2 Å². The van der Waals surface area contributed by atoms with Gasteiger partial charge in [-0.05, 0) is 50.7 Å². The van der Waals surface area contributed by atoms with Crippen LogP contribution in [-0.2, 0) is 14.8 Å². The van der Waals surface area contributed by atoms with Crippen molar-refractivity contribution >= 4 is 21.8 Å². The van der Waals surface area contributed by atoms with E-state index in [0.29, 0.717) is 5.92 Å². The molecule has 1 aliphatic rings. The lowest BCUT2D eigenvalue weighted by Gasteiger charge is -2.36. The van der Waals surface area contributed by atoms with Crippen molar-refractivity contribution in [3.8, 4) is 0 Å². The lowest BCUT2D eigenvalue weighted by molar-refractivity contribution is 0.130. The molecule has 1 unspecified atom stereocenters. The van der Waals surface area contributed by atoms with Crippen LogP contribution in [-0.4, -0.2) is 42.6 Å². The smallest absolute Gasteiger partial charge is 0.245 e. The van der Waals surface area contributed by atoms with E-state index in [1.807, 2.05) is 0 Å². The molecule has 0 saturated heterocycles. The number of nitrogens with zero attached hydrogens (tertiary/aromatic N) is 2. The minimum absolute atomic E-state index is 0.0207. The molecular weight excluding hydrogens is 328 g/mol. The number of rotatable bonds is 6. The van der Waals surface area contributed by atoms with Crippen LogP contribution < -0.4 is 0 Å². The summed E-state index contributed by atoms with van der Waals surface area (Å²) in [5.41, 5.74) is 0.0762. The van der Waals surface area contributed by atoms with Gasteiger partial charge in [-0.3, -0.25) is 0 Å². The molecule has 0 radical (unpaired) electrons. The van der Waals surface area contributed by atoms with Crippen LogP contribution in [0.25, 0.3) is 0 Å². The van der Waals surface area contributed by atoms with Crippen molar-refractivity contribution in [2.45, 2.75) is 56.6 Å². The van der Waals surface area contributed by atoms with Gasteiger partial charge in [-0.1, -0.05) is 19.1 Å². The highest BCUT2D eigenvalue weighted by Crippen LogP contribution is 2.33. The number of carbonyl (C=O) groups excluding carboxylic acids is 1. The molecule has 1 aromatic rings.